The first kappa shape index (κ1) is 14.5. The zero-order valence-corrected chi connectivity index (χ0v) is 12.5. The van der Waals surface area contributed by atoms with Crippen LogP contribution in [0, 0.1) is 22.7 Å². The van der Waals surface area contributed by atoms with Gasteiger partial charge in [0.2, 0.25) is 5.71 Å². The summed E-state index contributed by atoms with van der Waals surface area (Å²) in [6, 6.07) is 15.7. The van der Waals surface area contributed by atoms with Gasteiger partial charge in [0.15, 0.2) is 0 Å². The highest BCUT2D eigenvalue weighted by Gasteiger charge is 2.07. The summed E-state index contributed by atoms with van der Waals surface area (Å²) in [4.78, 5) is 4.53. The van der Waals surface area contributed by atoms with Crippen molar-refractivity contribution in [2.75, 3.05) is 5.43 Å². The number of phenols is 1. The Morgan fingerprint density at radius 3 is 2.74 bits per heavy atom. The fourth-order valence-corrected chi connectivity index (χ4v) is 2.95. The first-order valence-corrected chi connectivity index (χ1v) is 7.35. The number of fused-ring (bicyclic) bond motifs is 1. The molecule has 2 aromatic carbocycles. The van der Waals surface area contributed by atoms with E-state index in [1.54, 1.807) is 36.4 Å². The van der Waals surface area contributed by atoms with Crippen LogP contribution in [-0.4, -0.2) is 15.8 Å². The molecule has 110 valence electrons. The van der Waals surface area contributed by atoms with E-state index in [4.69, 9.17) is 10.5 Å². The van der Waals surface area contributed by atoms with Gasteiger partial charge in [0, 0.05) is 5.56 Å². The van der Waals surface area contributed by atoms with Crippen LogP contribution in [0.1, 0.15) is 0 Å². The number of nitrogens with zero attached hydrogens (tertiary/aromatic N) is 4. The molecule has 0 fully saturated rings. The van der Waals surface area contributed by atoms with Gasteiger partial charge in [-0.15, -0.1) is 11.3 Å². The molecule has 0 unspecified atom stereocenters. The molecule has 0 aliphatic heterocycles. The number of hydrogen-bond donors (Lipinski definition) is 2. The van der Waals surface area contributed by atoms with Gasteiger partial charge in [-0.2, -0.15) is 15.6 Å². The number of aromatic nitrogens is 1. The van der Waals surface area contributed by atoms with Gasteiger partial charge < -0.3 is 5.11 Å². The second-order valence-electron chi connectivity index (χ2n) is 4.55. The first-order valence-electron chi connectivity index (χ1n) is 6.53. The summed E-state index contributed by atoms with van der Waals surface area (Å²) in [5.41, 5.74) is 4.76. The summed E-state index contributed by atoms with van der Waals surface area (Å²) in [6.45, 7) is 0. The molecule has 0 aliphatic rings. The van der Waals surface area contributed by atoms with Gasteiger partial charge in [-0.05, 0) is 30.3 Å². The maximum absolute atomic E-state index is 9.56. The quantitative estimate of drug-likeness (QED) is 0.568. The molecule has 0 bridgehead atoms. The first-order chi connectivity index (χ1) is 11.2. The number of hydrogen-bond acceptors (Lipinski definition) is 7. The van der Waals surface area contributed by atoms with E-state index in [1.807, 2.05) is 18.2 Å². The molecule has 6 nitrogen and oxygen atoms in total. The van der Waals surface area contributed by atoms with Crippen molar-refractivity contribution in [3.63, 3.8) is 0 Å². The fraction of sp³-hybridized carbons (Fsp3) is 0. The lowest BCUT2D eigenvalue weighted by molar-refractivity contribution is 0.475. The molecule has 7 heteroatoms. The lowest BCUT2D eigenvalue weighted by atomic mass is 10.2. The molecule has 0 saturated carbocycles. The lowest BCUT2D eigenvalue weighted by Crippen LogP contribution is -1.95. The molecule has 1 heterocycles. The Kier molecular flexibility index (Phi) is 3.88. The SMILES string of the molecule is N#CC(C#N)=NNc1ccc2nc(-c3cccc(O)c3)sc2c1. The average Bonchev–Trinajstić information content (AvgIpc) is 2.99. The number of nitriles is 2. The van der Waals surface area contributed by atoms with Crippen LogP contribution in [0.4, 0.5) is 5.69 Å². The van der Waals surface area contributed by atoms with Gasteiger partial charge >= 0.3 is 0 Å². The van der Waals surface area contributed by atoms with Gasteiger partial charge in [0.25, 0.3) is 0 Å². The Bertz CT molecular complexity index is 978. The third-order valence-electron chi connectivity index (χ3n) is 2.99. The standard InChI is InChI=1S/C16H9N5OS/c17-8-12(9-18)21-20-11-4-5-14-15(7-11)23-16(19-14)10-2-1-3-13(22)6-10/h1-7,20,22H. The fourth-order valence-electron chi connectivity index (χ4n) is 1.95. The van der Waals surface area contributed by atoms with Crippen molar-refractivity contribution in [3.05, 3.63) is 42.5 Å². The van der Waals surface area contributed by atoms with Gasteiger partial charge in [0.05, 0.1) is 15.9 Å². The van der Waals surface area contributed by atoms with Crippen molar-refractivity contribution in [3.8, 4) is 28.5 Å². The van der Waals surface area contributed by atoms with E-state index >= 15 is 0 Å². The minimum atomic E-state index is -0.241. The molecule has 1 aromatic heterocycles. The lowest BCUT2D eigenvalue weighted by Gasteiger charge is -1.98. The summed E-state index contributed by atoms with van der Waals surface area (Å²) in [6.07, 6.45) is 0. The average molecular weight is 319 g/mol. The minimum absolute atomic E-state index is 0.194. The number of benzene rings is 2. The normalized spacial score (nSPS) is 9.83. The van der Waals surface area contributed by atoms with Crippen LogP contribution in [0.15, 0.2) is 47.6 Å². The van der Waals surface area contributed by atoms with Crippen LogP contribution in [0.5, 0.6) is 5.75 Å². The van der Waals surface area contributed by atoms with Crippen LogP contribution in [0.2, 0.25) is 0 Å². The Hall–Kier alpha value is -3.42. The van der Waals surface area contributed by atoms with Gasteiger partial charge in [-0.25, -0.2) is 4.98 Å². The van der Waals surface area contributed by atoms with Gasteiger partial charge in [0.1, 0.15) is 22.9 Å². The third kappa shape index (κ3) is 3.10. The third-order valence-corrected chi connectivity index (χ3v) is 4.06. The summed E-state index contributed by atoms with van der Waals surface area (Å²) < 4.78 is 0.930. The number of thiazole rings is 1. The predicted molar refractivity (Wildman–Crippen MR) is 89.0 cm³/mol. The Morgan fingerprint density at radius 2 is 2.00 bits per heavy atom. The van der Waals surface area contributed by atoms with Crippen molar-refractivity contribution < 1.29 is 5.11 Å². The Balaban J connectivity index is 1.94. The highest BCUT2D eigenvalue weighted by molar-refractivity contribution is 7.21. The molecular weight excluding hydrogens is 310 g/mol. The molecule has 2 N–H and O–H groups in total. The van der Waals surface area contributed by atoms with E-state index in [2.05, 4.69) is 15.5 Å². The van der Waals surface area contributed by atoms with Crippen molar-refractivity contribution in [2.45, 2.75) is 0 Å². The molecule has 3 rings (SSSR count). The molecule has 23 heavy (non-hydrogen) atoms. The Labute approximate surface area is 135 Å². The van der Waals surface area contributed by atoms with Crippen LogP contribution >= 0.6 is 11.3 Å². The molecular formula is C16H9N5OS. The van der Waals surface area contributed by atoms with Crippen LogP contribution in [0.3, 0.4) is 0 Å². The van der Waals surface area contributed by atoms with E-state index in [0.717, 1.165) is 20.8 Å². The monoisotopic (exact) mass is 319 g/mol. The van der Waals surface area contributed by atoms with Crippen LogP contribution in [0.25, 0.3) is 20.8 Å². The van der Waals surface area contributed by atoms with Crippen LogP contribution in [-0.2, 0) is 0 Å². The zero-order valence-electron chi connectivity index (χ0n) is 11.7. The van der Waals surface area contributed by atoms with E-state index in [0.29, 0.717) is 5.69 Å². The molecule has 0 atom stereocenters. The second kappa shape index (κ2) is 6.14. The van der Waals surface area contributed by atoms with Crippen molar-refractivity contribution >= 4 is 33.0 Å². The minimum Gasteiger partial charge on any atom is -0.508 e. The predicted octanol–water partition coefficient (Wildman–Crippen LogP) is 3.48. The summed E-state index contributed by atoms with van der Waals surface area (Å²) in [7, 11) is 0. The number of hydrazone groups is 1. The van der Waals surface area contributed by atoms with Gasteiger partial charge in [-0.3, -0.25) is 5.43 Å². The smallest absolute Gasteiger partial charge is 0.237 e. The molecule has 0 radical (unpaired) electrons. The zero-order chi connectivity index (χ0) is 16.2. The highest BCUT2D eigenvalue weighted by atomic mass is 32.1. The second-order valence-corrected chi connectivity index (χ2v) is 5.58. The number of rotatable bonds is 3. The summed E-state index contributed by atoms with van der Waals surface area (Å²) >= 11 is 1.48. The number of phenolic OH excluding ortho intramolecular Hbond substituents is 1. The molecule has 0 spiro atoms. The van der Waals surface area contributed by atoms with E-state index < -0.39 is 0 Å². The largest absolute Gasteiger partial charge is 0.508 e. The molecule has 0 aliphatic carbocycles. The van der Waals surface area contributed by atoms with E-state index in [-0.39, 0.29) is 11.5 Å². The van der Waals surface area contributed by atoms with E-state index in [9.17, 15) is 5.11 Å². The van der Waals surface area contributed by atoms with Crippen LogP contribution < -0.4 is 5.43 Å². The number of anilines is 1. The summed E-state index contributed by atoms with van der Waals surface area (Å²) in [5.74, 6) is 0.194. The number of aromatic hydroxyl groups is 1. The highest BCUT2D eigenvalue weighted by Crippen LogP contribution is 2.32. The van der Waals surface area contributed by atoms with E-state index in [1.165, 1.54) is 11.3 Å². The maximum atomic E-state index is 9.56. The van der Waals surface area contributed by atoms with Crippen molar-refractivity contribution in [1.29, 1.82) is 10.5 Å². The van der Waals surface area contributed by atoms with Gasteiger partial charge in [-0.1, -0.05) is 12.1 Å². The number of nitrogens with one attached hydrogen (secondary N) is 1. The summed E-state index contributed by atoms with van der Waals surface area (Å²) in [5, 5.41) is 31.4. The molecule has 0 amide bonds. The maximum Gasteiger partial charge on any atom is 0.237 e. The molecule has 3 aromatic rings. The Morgan fingerprint density at radius 1 is 1.17 bits per heavy atom. The van der Waals surface area contributed by atoms with Crippen molar-refractivity contribution in [2.24, 2.45) is 5.10 Å². The topological polar surface area (TPSA) is 105 Å². The van der Waals surface area contributed by atoms with Crippen molar-refractivity contribution in [1.82, 2.24) is 4.98 Å². The molecule has 0 saturated heterocycles.